The van der Waals surface area contributed by atoms with Crippen molar-refractivity contribution in [3.8, 4) is 0 Å². The van der Waals surface area contributed by atoms with Crippen LogP contribution in [0.25, 0.3) is 0 Å². The van der Waals surface area contributed by atoms with Crippen LogP contribution in [0.5, 0.6) is 0 Å². The van der Waals surface area contributed by atoms with Gasteiger partial charge in [0.15, 0.2) is 11.5 Å². The Labute approximate surface area is 162 Å². The number of hydrogen-bond donors (Lipinski definition) is 2. The monoisotopic (exact) mass is 382 g/mol. The van der Waals surface area contributed by atoms with Crippen molar-refractivity contribution in [1.82, 2.24) is 15.0 Å². The molecule has 146 valence electrons. The van der Waals surface area contributed by atoms with E-state index in [1.807, 2.05) is 6.92 Å². The van der Waals surface area contributed by atoms with E-state index in [0.717, 1.165) is 5.69 Å². The van der Waals surface area contributed by atoms with E-state index in [2.05, 4.69) is 20.3 Å². The fourth-order valence-corrected chi connectivity index (χ4v) is 3.09. The summed E-state index contributed by atoms with van der Waals surface area (Å²) in [5, 5.41) is 2.66. The Bertz CT molecular complexity index is 959. The number of rotatable bonds is 4. The number of hydrogen-bond acceptors (Lipinski definition) is 6. The summed E-state index contributed by atoms with van der Waals surface area (Å²) in [5.41, 5.74) is 7.94. The number of nitrogens with zero attached hydrogens (tertiary/aromatic N) is 4. The highest BCUT2D eigenvalue weighted by Crippen LogP contribution is 2.25. The molecule has 1 saturated heterocycles. The van der Waals surface area contributed by atoms with Crippen molar-refractivity contribution in [3.63, 3.8) is 0 Å². The molecule has 3 heterocycles. The average molecular weight is 382 g/mol. The molecule has 1 aliphatic rings. The molecular formula is C19H22N6O3. The predicted molar refractivity (Wildman–Crippen MR) is 103 cm³/mol. The molecule has 1 aliphatic heterocycles. The highest BCUT2D eigenvalue weighted by molar-refractivity contribution is 6.02. The number of nitrogens with one attached hydrogen (secondary N) is 1. The van der Waals surface area contributed by atoms with Crippen molar-refractivity contribution in [2.45, 2.75) is 33.6 Å². The maximum Gasteiger partial charge on any atom is 0.271 e. The lowest BCUT2D eigenvalue weighted by Crippen LogP contribution is -2.44. The molecule has 2 aromatic heterocycles. The SMILES string of the molecule is Cc1cc(N2CC(C(=O)Nc3nc(C)c(C)nc3C(N)=O)CCC2=O)ccn1. The molecule has 1 fully saturated rings. The highest BCUT2D eigenvalue weighted by atomic mass is 16.2. The van der Waals surface area contributed by atoms with Gasteiger partial charge in [-0.25, -0.2) is 9.97 Å². The number of carbonyl (C=O) groups excluding carboxylic acids is 3. The Morgan fingerprint density at radius 1 is 1.21 bits per heavy atom. The lowest BCUT2D eigenvalue weighted by molar-refractivity contribution is -0.124. The second-order valence-electron chi connectivity index (χ2n) is 6.84. The Morgan fingerprint density at radius 2 is 1.93 bits per heavy atom. The zero-order valence-electron chi connectivity index (χ0n) is 16.0. The summed E-state index contributed by atoms with van der Waals surface area (Å²) >= 11 is 0. The first kappa shape index (κ1) is 19.4. The van der Waals surface area contributed by atoms with Crippen LogP contribution in [0.2, 0.25) is 0 Å². The van der Waals surface area contributed by atoms with E-state index in [0.29, 0.717) is 23.5 Å². The highest BCUT2D eigenvalue weighted by Gasteiger charge is 2.32. The van der Waals surface area contributed by atoms with E-state index < -0.39 is 11.8 Å². The third-order valence-corrected chi connectivity index (χ3v) is 4.76. The van der Waals surface area contributed by atoms with Crippen LogP contribution in [-0.4, -0.2) is 39.2 Å². The Balaban J connectivity index is 1.81. The van der Waals surface area contributed by atoms with E-state index in [9.17, 15) is 14.4 Å². The van der Waals surface area contributed by atoms with Crippen LogP contribution in [0.3, 0.4) is 0 Å². The van der Waals surface area contributed by atoms with Crippen molar-refractivity contribution in [2.24, 2.45) is 11.7 Å². The Hall–Kier alpha value is -3.36. The molecule has 3 N–H and O–H groups in total. The number of nitrogens with two attached hydrogens (primary N) is 1. The largest absolute Gasteiger partial charge is 0.364 e. The molecule has 0 aliphatic carbocycles. The minimum absolute atomic E-state index is 0.0431. The smallest absolute Gasteiger partial charge is 0.271 e. The van der Waals surface area contributed by atoms with Gasteiger partial charge in [-0.1, -0.05) is 0 Å². The number of carbonyl (C=O) groups is 3. The summed E-state index contributed by atoms with van der Waals surface area (Å²) in [6.07, 6.45) is 2.29. The van der Waals surface area contributed by atoms with E-state index >= 15 is 0 Å². The van der Waals surface area contributed by atoms with Gasteiger partial charge < -0.3 is 16.0 Å². The van der Waals surface area contributed by atoms with Crippen molar-refractivity contribution in [3.05, 3.63) is 41.1 Å². The fraction of sp³-hybridized carbons (Fsp3) is 0.368. The second-order valence-corrected chi connectivity index (χ2v) is 6.84. The van der Waals surface area contributed by atoms with Gasteiger partial charge in [-0.3, -0.25) is 19.4 Å². The zero-order chi connectivity index (χ0) is 20.4. The summed E-state index contributed by atoms with van der Waals surface area (Å²) in [6, 6.07) is 3.55. The summed E-state index contributed by atoms with van der Waals surface area (Å²) in [4.78, 5) is 50.9. The third kappa shape index (κ3) is 3.98. The number of primary amides is 1. The number of pyridine rings is 1. The molecule has 0 saturated carbocycles. The number of piperidine rings is 1. The molecule has 0 aromatic carbocycles. The number of anilines is 2. The van der Waals surface area contributed by atoms with Crippen LogP contribution in [0.15, 0.2) is 18.3 Å². The molecule has 9 nitrogen and oxygen atoms in total. The van der Waals surface area contributed by atoms with Gasteiger partial charge in [0.2, 0.25) is 11.8 Å². The standard InChI is InChI=1S/C19H22N6O3/c1-10-8-14(6-7-21-10)25-9-13(4-5-15(25)26)19(28)24-18-16(17(20)27)22-11(2)12(3)23-18/h6-8,13H,4-5,9H2,1-3H3,(H2,20,27)(H,23,24,28). The Morgan fingerprint density at radius 3 is 2.61 bits per heavy atom. The van der Waals surface area contributed by atoms with Crippen molar-refractivity contribution >= 4 is 29.2 Å². The number of aryl methyl sites for hydroxylation is 3. The van der Waals surface area contributed by atoms with Gasteiger partial charge in [-0.15, -0.1) is 0 Å². The molecule has 0 radical (unpaired) electrons. The molecule has 28 heavy (non-hydrogen) atoms. The summed E-state index contributed by atoms with van der Waals surface area (Å²) in [7, 11) is 0. The van der Waals surface area contributed by atoms with E-state index in [1.165, 1.54) is 0 Å². The van der Waals surface area contributed by atoms with Crippen molar-refractivity contribution in [2.75, 3.05) is 16.8 Å². The minimum atomic E-state index is -0.765. The zero-order valence-corrected chi connectivity index (χ0v) is 16.0. The van der Waals surface area contributed by atoms with Crippen LogP contribution in [-0.2, 0) is 9.59 Å². The third-order valence-electron chi connectivity index (χ3n) is 4.76. The van der Waals surface area contributed by atoms with Gasteiger partial charge in [0.25, 0.3) is 5.91 Å². The maximum atomic E-state index is 12.8. The Kier molecular flexibility index (Phi) is 5.34. The molecule has 9 heteroatoms. The molecule has 3 rings (SSSR count). The molecule has 2 aromatic rings. The fourth-order valence-electron chi connectivity index (χ4n) is 3.09. The lowest BCUT2D eigenvalue weighted by Gasteiger charge is -2.32. The van der Waals surface area contributed by atoms with Crippen LogP contribution in [0, 0.1) is 26.7 Å². The number of amides is 3. The second kappa shape index (κ2) is 7.71. The van der Waals surface area contributed by atoms with Gasteiger partial charge in [-0.05, 0) is 39.3 Å². The van der Waals surface area contributed by atoms with Crippen LogP contribution < -0.4 is 16.0 Å². The van der Waals surface area contributed by atoms with Crippen LogP contribution >= 0.6 is 0 Å². The molecule has 3 amide bonds. The average Bonchev–Trinajstić information content (AvgIpc) is 2.64. The topological polar surface area (TPSA) is 131 Å². The quantitative estimate of drug-likeness (QED) is 0.819. The van der Waals surface area contributed by atoms with Gasteiger partial charge >= 0.3 is 0 Å². The van der Waals surface area contributed by atoms with E-state index in [-0.39, 0.29) is 36.3 Å². The number of aromatic nitrogens is 3. The normalized spacial score (nSPS) is 16.8. The van der Waals surface area contributed by atoms with E-state index in [4.69, 9.17) is 5.73 Å². The van der Waals surface area contributed by atoms with Gasteiger partial charge in [0.1, 0.15) is 0 Å². The molecule has 1 atom stereocenters. The van der Waals surface area contributed by atoms with Gasteiger partial charge in [-0.2, -0.15) is 0 Å². The van der Waals surface area contributed by atoms with Crippen molar-refractivity contribution in [1.29, 1.82) is 0 Å². The predicted octanol–water partition coefficient (Wildman–Crippen LogP) is 1.28. The van der Waals surface area contributed by atoms with Gasteiger partial charge in [0, 0.05) is 30.5 Å². The van der Waals surface area contributed by atoms with E-state index in [1.54, 1.807) is 37.1 Å². The van der Waals surface area contributed by atoms with Crippen LogP contribution in [0.4, 0.5) is 11.5 Å². The summed E-state index contributed by atoms with van der Waals surface area (Å²) in [5.74, 6) is -1.54. The van der Waals surface area contributed by atoms with Gasteiger partial charge in [0.05, 0.1) is 17.3 Å². The lowest BCUT2D eigenvalue weighted by atomic mass is 9.96. The first-order chi connectivity index (χ1) is 13.3. The molecule has 0 bridgehead atoms. The molecule has 1 unspecified atom stereocenters. The summed E-state index contributed by atoms with van der Waals surface area (Å²) < 4.78 is 0. The molecule has 0 spiro atoms. The molecular weight excluding hydrogens is 360 g/mol. The summed E-state index contributed by atoms with van der Waals surface area (Å²) in [6.45, 7) is 5.52. The van der Waals surface area contributed by atoms with Crippen molar-refractivity contribution < 1.29 is 14.4 Å². The first-order valence-electron chi connectivity index (χ1n) is 8.95. The maximum absolute atomic E-state index is 12.8. The van der Waals surface area contributed by atoms with Crippen LogP contribution in [0.1, 0.15) is 40.4 Å². The minimum Gasteiger partial charge on any atom is -0.364 e. The first-order valence-corrected chi connectivity index (χ1v) is 8.95.